The van der Waals surface area contributed by atoms with Gasteiger partial charge in [-0.2, -0.15) is 0 Å². The Labute approximate surface area is 95.2 Å². The summed E-state index contributed by atoms with van der Waals surface area (Å²) in [5, 5.41) is 0. The molecule has 1 atom stereocenters. The number of anilines is 1. The van der Waals surface area contributed by atoms with Gasteiger partial charge in [0.1, 0.15) is 5.82 Å². The van der Waals surface area contributed by atoms with Gasteiger partial charge >= 0.3 is 0 Å². The van der Waals surface area contributed by atoms with E-state index in [1.54, 1.807) is 25.4 Å². The lowest BCUT2D eigenvalue weighted by atomic mass is 10.1. The van der Waals surface area contributed by atoms with Crippen molar-refractivity contribution in [2.24, 2.45) is 5.92 Å². The lowest BCUT2D eigenvalue weighted by molar-refractivity contribution is 0.112. The summed E-state index contributed by atoms with van der Waals surface area (Å²) in [4.78, 5) is 17.3. The minimum absolute atomic E-state index is 0.548. The lowest BCUT2D eigenvalue weighted by Gasteiger charge is -2.18. The van der Waals surface area contributed by atoms with Crippen molar-refractivity contribution in [1.82, 2.24) is 4.98 Å². The summed E-state index contributed by atoms with van der Waals surface area (Å²) in [6.45, 7) is 2.65. The van der Waals surface area contributed by atoms with Crippen molar-refractivity contribution in [1.29, 1.82) is 0 Å². The summed E-state index contributed by atoms with van der Waals surface area (Å²) in [5.74, 6) is 1.35. The smallest absolute Gasteiger partial charge is 0.153 e. The fourth-order valence-corrected chi connectivity index (χ4v) is 2.16. The van der Waals surface area contributed by atoms with Crippen LogP contribution in [-0.4, -0.2) is 38.1 Å². The molecule has 0 spiro atoms. The Kier molecular flexibility index (Phi) is 3.51. The van der Waals surface area contributed by atoms with Gasteiger partial charge in [-0.05, 0) is 18.6 Å². The van der Waals surface area contributed by atoms with Gasteiger partial charge in [-0.15, -0.1) is 0 Å². The molecular formula is C12H16N2O2. The summed E-state index contributed by atoms with van der Waals surface area (Å²) in [5.41, 5.74) is 0.667. The third kappa shape index (κ3) is 2.22. The van der Waals surface area contributed by atoms with Crippen LogP contribution in [0, 0.1) is 5.92 Å². The SMILES string of the molecule is COCC1CCN(c2ncccc2C=O)C1. The molecule has 1 aromatic rings. The number of carbonyl (C=O) groups is 1. The summed E-state index contributed by atoms with van der Waals surface area (Å²) in [6, 6.07) is 3.59. The van der Waals surface area contributed by atoms with E-state index in [9.17, 15) is 4.79 Å². The second-order valence-electron chi connectivity index (χ2n) is 4.09. The van der Waals surface area contributed by atoms with E-state index in [1.165, 1.54) is 0 Å². The number of nitrogens with zero attached hydrogens (tertiary/aromatic N) is 2. The molecule has 0 saturated carbocycles. The summed E-state index contributed by atoms with van der Waals surface area (Å²) >= 11 is 0. The maximum Gasteiger partial charge on any atom is 0.153 e. The lowest BCUT2D eigenvalue weighted by Crippen LogP contribution is -2.23. The Morgan fingerprint density at radius 1 is 1.69 bits per heavy atom. The molecule has 4 nitrogen and oxygen atoms in total. The van der Waals surface area contributed by atoms with E-state index in [0.29, 0.717) is 11.5 Å². The summed E-state index contributed by atoms with van der Waals surface area (Å²) in [6.07, 6.45) is 3.70. The molecule has 2 heterocycles. The summed E-state index contributed by atoms with van der Waals surface area (Å²) in [7, 11) is 1.72. The van der Waals surface area contributed by atoms with Crippen molar-refractivity contribution in [3.05, 3.63) is 23.9 Å². The highest BCUT2D eigenvalue weighted by Crippen LogP contribution is 2.24. The molecule has 1 aliphatic rings. The predicted molar refractivity (Wildman–Crippen MR) is 61.8 cm³/mol. The fourth-order valence-electron chi connectivity index (χ4n) is 2.16. The average Bonchev–Trinajstić information content (AvgIpc) is 2.78. The number of hydrogen-bond acceptors (Lipinski definition) is 4. The Bertz CT molecular complexity index is 368. The van der Waals surface area contributed by atoms with Crippen LogP contribution >= 0.6 is 0 Å². The van der Waals surface area contributed by atoms with Crippen LogP contribution in [0.4, 0.5) is 5.82 Å². The number of methoxy groups -OCH3 is 1. The first-order valence-corrected chi connectivity index (χ1v) is 5.49. The number of rotatable bonds is 4. The second kappa shape index (κ2) is 5.07. The molecule has 0 bridgehead atoms. The first-order chi connectivity index (χ1) is 7.85. The number of aromatic nitrogens is 1. The zero-order valence-electron chi connectivity index (χ0n) is 9.43. The molecule has 16 heavy (non-hydrogen) atoms. The highest BCUT2D eigenvalue weighted by atomic mass is 16.5. The molecule has 4 heteroatoms. The third-order valence-electron chi connectivity index (χ3n) is 2.93. The van der Waals surface area contributed by atoms with E-state index in [4.69, 9.17) is 4.74 Å². The largest absolute Gasteiger partial charge is 0.384 e. The molecule has 1 aliphatic heterocycles. The predicted octanol–water partition coefficient (Wildman–Crippen LogP) is 1.37. The zero-order chi connectivity index (χ0) is 11.4. The zero-order valence-corrected chi connectivity index (χ0v) is 9.43. The van der Waals surface area contributed by atoms with Gasteiger partial charge in [-0.1, -0.05) is 0 Å². The van der Waals surface area contributed by atoms with Crippen LogP contribution < -0.4 is 4.90 Å². The Morgan fingerprint density at radius 3 is 3.31 bits per heavy atom. The Morgan fingerprint density at radius 2 is 2.56 bits per heavy atom. The molecule has 1 aromatic heterocycles. The van der Waals surface area contributed by atoms with Crippen LogP contribution in [-0.2, 0) is 4.74 Å². The van der Waals surface area contributed by atoms with Gasteiger partial charge < -0.3 is 9.64 Å². The minimum atomic E-state index is 0.548. The monoisotopic (exact) mass is 220 g/mol. The summed E-state index contributed by atoms with van der Waals surface area (Å²) < 4.78 is 5.15. The molecular weight excluding hydrogens is 204 g/mol. The van der Waals surface area contributed by atoms with Gasteiger partial charge in [0.15, 0.2) is 6.29 Å². The van der Waals surface area contributed by atoms with Crippen LogP contribution in [0.15, 0.2) is 18.3 Å². The van der Waals surface area contributed by atoms with Crippen molar-refractivity contribution >= 4 is 12.1 Å². The van der Waals surface area contributed by atoms with Gasteiger partial charge in [0.25, 0.3) is 0 Å². The molecule has 0 aliphatic carbocycles. The van der Waals surface area contributed by atoms with Crippen LogP contribution in [0.25, 0.3) is 0 Å². The fraction of sp³-hybridized carbons (Fsp3) is 0.500. The van der Waals surface area contributed by atoms with Crippen molar-refractivity contribution < 1.29 is 9.53 Å². The molecule has 1 fully saturated rings. The highest BCUT2D eigenvalue weighted by molar-refractivity contribution is 5.82. The minimum Gasteiger partial charge on any atom is -0.384 e. The molecule has 1 unspecified atom stereocenters. The third-order valence-corrected chi connectivity index (χ3v) is 2.93. The van der Waals surface area contributed by atoms with Crippen molar-refractivity contribution in [2.45, 2.75) is 6.42 Å². The molecule has 0 N–H and O–H groups in total. The van der Waals surface area contributed by atoms with Gasteiger partial charge in [-0.3, -0.25) is 4.79 Å². The van der Waals surface area contributed by atoms with Crippen LogP contribution in [0.5, 0.6) is 0 Å². The van der Waals surface area contributed by atoms with E-state index in [1.807, 2.05) is 0 Å². The standard InChI is InChI=1S/C12H16N2O2/c1-16-9-10-4-6-14(7-10)12-11(8-15)3-2-5-13-12/h2-3,5,8,10H,4,6-7,9H2,1H3. The molecule has 0 radical (unpaired) electrons. The maximum absolute atomic E-state index is 10.9. The maximum atomic E-state index is 10.9. The van der Waals surface area contributed by atoms with E-state index in [0.717, 1.165) is 38.2 Å². The number of hydrogen-bond donors (Lipinski definition) is 0. The molecule has 86 valence electrons. The highest BCUT2D eigenvalue weighted by Gasteiger charge is 2.24. The normalized spacial score (nSPS) is 20.1. The molecule has 2 rings (SSSR count). The average molecular weight is 220 g/mol. The number of pyridine rings is 1. The van der Waals surface area contributed by atoms with Gasteiger partial charge in [-0.25, -0.2) is 4.98 Å². The van der Waals surface area contributed by atoms with E-state index in [-0.39, 0.29) is 0 Å². The van der Waals surface area contributed by atoms with Gasteiger partial charge in [0.2, 0.25) is 0 Å². The number of aldehydes is 1. The molecule has 1 saturated heterocycles. The van der Waals surface area contributed by atoms with E-state index >= 15 is 0 Å². The van der Waals surface area contributed by atoms with Crippen LogP contribution in [0.2, 0.25) is 0 Å². The van der Waals surface area contributed by atoms with E-state index in [2.05, 4.69) is 9.88 Å². The van der Waals surface area contributed by atoms with Crippen molar-refractivity contribution in [3.8, 4) is 0 Å². The molecule has 0 amide bonds. The van der Waals surface area contributed by atoms with Crippen LogP contribution in [0.1, 0.15) is 16.8 Å². The number of ether oxygens (including phenoxy) is 1. The molecule has 0 aromatic carbocycles. The topological polar surface area (TPSA) is 42.4 Å². The second-order valence-corrected chi connectivity index (χ2v) is 4.09. The first-order valence-electron chi connectivity index (χ1n) is 5.49. The number of carbonyl (C=O) groups excluding carboxylic acids is 1. The van der Waals surface area contributed by atoms with Gasteiger partial charge in [0, 0.05) is 32.3 Å². The van der Waals surface area contributed by atoms with Crippen LogP contribution in [0.3, 0.4) is 0 Å². The Hall–Kier alpha value is -1.42. The van der Waals surface area contributed by atoms with Crippen molar-refractivity contribution in [3.63, 3.8) is 0 Å². The Balaban J connectivity index is 2.11. The van der Waals surface area contributed by atoms with Crippen molar-refractivity contribution in [2.75, 3.05) is 31.7 Å². The quantitative estimate of drug-likeness (QED) is 0.719. The van der Waals surface area contributed by atoms with E-state index < -0.39 is 0 Å². The first kappa shape index (κ1) is 11.1. The van der Waals surface area contributed by atoms with Gasteiger partial charge in [0.05, 0.1) is 12.2 Å².